The number of nitroso groups, excluding NO2 is 2. The van der Waals surface area contributed by atoms with Gasteiger partial charge in [-0.1, -0.05) is 42.5 Å². The summed E-state index contributed by atoms with van der Waals surface area (Å²) in [6.45, 7) is 0. The normalized spacial score (nSPS) is 9.68. The summed E-state index contributed by atoms with van der Waals surface area (Å²) in [6, 6.07) is 13.7. The molecule has 0 aliphatic rings. The Balaban J connectivity index is 2.38. The molecule has 0 heterocycles. The van der Waals surface area contributed by atoms with Crippen molar-refractivity contribution < 1.29 is 9.94 Å². The number of para-hydroxylation sites is 1. The van der Waals surface area contributed by atoms with Crippen LogP contribution < -0.4 is 4.84 Å². The zero-order valence-electron chi connectivity index (χ0n) is 9.63. The molecule has 19 heavy (non-hydrogen) atoms. The molecule has 0 aliphatic carbocycles. The Hall–Kier alpha value is -2.96. The lowest BCUT2D eigenvalue weighted by molar-refractivity contribution is -0.0613. The minimum atomic E-state index is -0.217. The Labute approximate surface area is 107 Å². The van der Waals surface area contributed by atoms with E-state index in [1.165, 1.54) is 6.07 Å². The number of aromatic hydroxyl groups is 1. The van der Waals surface area contributed by atoms with E-state index < -0.39 is 0 Å². The topological polar surface area (TPSA) is 91.6 Å². The molecule has 0 bridgehead atoms. The van der Waals surface area contributed by atoms with E-state index in [4.69, 9.17) is 4.84 Å². The van der Waals surface area contributed by atoms with E-state index in [9.17, 15) is 14.9 Å². The molecule has 0 atom stereocenters. The quantitative estimate of drug-likeness (QED) is 0.658. The van der Waals surface area contributed by atoms with Crippen LogP contribution in [0.1, 0.15) is 0 Å². The summed E-state index contributed by atoms with van der Waals surface area (Å²) in [5.41, 5.74) is 1.25. The van der Waals surface area contributed by atoms with Crippen molar-refractivity contribution in [3.8, 4) is 22.6 Å². The Morgan fingerprint density at radius 1 is 0.947 bits per heavy atom. The molecule has 96 valence electrons. The Morgan fingerprint density at radius 3 is 2.26 bits per heavy atom. The molecule has 7 heteroatoms. The molecule has 0 amide bonds. The van der Waals surface area contributed by atoms with Crippen LogP contribution in [0.15, 0.2) is 59.1 Å². The van der Waals surface area contributed by atoms with Gasteiger partial charge in [0.05, 0.1) is 5.28 Å². The second kappa shape index (κ2) is 5.58. The maximum atomic E-state index is 10.2. The highest BCUT2D eigenvalue weighted by Crippen LogP contribution is 2.37. The van der Waals surface area contributed by atoms with Gasteiger partial charge in [0.1, 0.15) is 10.6 Å². The molecule has 2 aromatic carbocycles. The van der Waals surface area contributed by atoms with Crippen molar-refractivity contribution in [2.45, 2.75) is 0 Å². The Morgan fingerprint density at radius 2 is 1.63 bits per heavy atom. The summed E-state index contributed by atoms with van der Waals surface area (Å²) in [6.07, 6.45) is 0. The average Bonchev–Trinajstić information content (AvgIpc) is 2.47. The van der Waals surface area contributed by atoms with Crippen LogP contribution >= 0.6 is 0 Å². The highest BCUT2D eigenvalue weighted by molar-refractivity contribution is 5.73. The SMILES string of the molecule is O=NN(N=O)Oc1cccc(-c2ccccc2)c1O. The summed E-state index contributed by atoms with van der Waals surface area (Å²) >= 11 is 0. The smallest absolute Gasteiger partial charge is 0.202 e. The van der Waals surface area contributed by atoms with E-state index in [0.29, 0.717) is 5.56 Å². The first kappa shape index (κ1) is 12.5. The number of hydrogen-bond acceptors (Lipinski definition) is 6. The van der Waals surface area contributed by atoms with Crippen LogP contribution in [0.25, 0.3) is 11.1 Å². The molecule has 0 aliphatic heterocycles. The lowest BCUT2D eigenvalue weighted by Crippen LogP contribution is -2.13. The third-order valence-electron chi connectivity index (χ3n) is 2.40. The van der Waals surface area contributed by atoms with Gasteiger partial charge in [-0.2, -0.15) is 0 Å². The highest BCUT2D eigenvalue weighted by atomic mass is 16.8. The van der Waals surface area contributed by atoms with Crippen molar-refractivity contribution in [1.29, 1.82) is 0 Å². The minimum absolute atomic E-state index is 0.0656. The van der Waals surface area contributed by atoms with Crippen LogP contribution in [-0.4, -0.2) is 10.4 Å². The summed E-state index contributed by atoms with van der Waals surface area (Å²) in [5.74, 6) is -0.313. The van der Waals surface area contributed by atoms with Crippen molar-refractivity contribution >= 4 is 0 Å². The molecule has 0 saturated carbocycles. The van der Waals surface area contributed by atoms with E-state index in [2.05, 4.69) is 10.6 Å². The first-order valence-electron chi connectivity index (χ1n) is 5.28. The summed E-state index contributed by atoms with van der Waals surface area (Å²) in [5, 5.41) is 14.4. The standard InChI is InChI=1S/C12H9N3O4/c16-12-10(9-5-2-1-3-6-9)7-4-8-11(12)19-15(13-17)14-18/h1-8,16H. The van der Waals surface area contributed by atoms with Crippen molar-refractivity contribution in [3.05, 3.63) is 58.3 Å². The largest absolute Gasteiger partial charge is 0.504 e. The van der Waals surface area contributed by atoms with Gasteiger partial charge < -0.3 is 9.94 Å². The van der Waals surface area contributed by atoms with Crippen LogP contribution in [0.5, 0.6) is 11.5 Å². The summed E-state index contributed by atoms with van der Waals surface area (Å²) < 4.78 is 0. The minimum Gasteiger partial charge on any atom is -0.504 e. The van der Waals surface area contributed by atoms with Crippen LogP contribution in [0.3, 0.4) is 0 Å². The molecule has 1 N–H and O–H groups in total. The lowest BCUT2D eigenvalue weighted by Gasteiger charge is -2.11. The van der Waals surface area contributed by atoms with Gasteiger partial charge in [0, 0.05) is 5.56 Å². The van der Waals surface area contributed by atoms with Crippen LogP contribution in [0.2, 0.25) is 0 Å². The van der Waals surface area contributed by atoms with Gasteiger partial charge in [-0.15, -0.1) is 9.81 Å². The van der Waals surface area contributed by atoms with Gasteiger partial charge in [0.2, 0.25) is 5.75 Å². The van der Waals surface area contributed by atoms with Crippen LogP contribution in [0, 0.1) is 9.81 Å². The fraction of sp³-hybridized carbons (Fsp3) is 0. The number of hydrogen-bond donors (Lipinski definition) is 1. The van der Waals surface area contributed by atoms with E-state index in [-0.39, 0.29) is 16.8 Å². The number of phenols is 1. The zero-order chi connectivity index (χ0) is 13.7. The van der Waals surface area contributed by atoms with E-state index in [1.807, 2.05) is 18.2 Å². The van der Waals surface area contributed by atoms with Crippen LogP contribution in [-0.2, 0) is 0 Å². The first-order valence-corrected chi connectivity index (χ1v) is 5.28. The van der Waals surface area contributed by atoms with Gasteiger partial charge in [-0.25, -0.2) is 0 Å². The molecular weight excluding hydrogens is 250 g/mol. The zero-order valence-corrected chi connectivity index (χ0v) is 9.63. The maximum Gasteiger partial charge on any atom is 0.202 e. The monoisotopic (exact) mass is 259 g/mol. The van der Waals surface area contributed by atoms with Crippen molar-refractivity contribution in [2.24, 2.45) is 10.6 Å². The van der Waals surface area contributed by atoms with E-state index in [1.54, 1.807) is 24.3 Å². The summed E-state index contributed by atoms with van der Waals surface area (Å²) in [4.78, 5) is 25.1. The fourth-order valence-corrected chi connectivity index (χ4v) is 1.58. The van der Waals surface area contributed by atoms with Gasteiger partial charge in [-0.3, -0.25) is 0 Å². The Bertz CT molecular complexity index is 581. The molecule has 2 rings (SSSR count). The molecule has 7 nitrogen and oxygen atoms in total. The van der Waals surface area contributed by atoms with Crippen molar-refractivity contribution in [1.82, 2.24) is 5.28 Å². The third kappa shape index (κ3) is 2.65. The molecule has 0 unspecified atom stereocenters. The summed E-state index contributed by atoms with van der Waals surface area (Å²) in [7, 11) is 0. The third-order valence-corrected chi connectivity index (χ3v) is 2.40. The Kier molecular flexibility index (Phi) is 3.67. The lowest BCUT2D eigenvalue weighted by atomic mass is 10.0. The highest BCUT2D eigenvalue weighted by Gasteiger charge is 2.14. The molecular formula is C12H9N3O4. The van der Waals surface area contributed by atoms with Gasteiger partial charge in [0.15, 0.2) is 5.75 Å². The van der Waals surface area contributed by atoms with Gasteiger partial charge in [0.25, 0.3) is 0 Å². The first-order chi connectivity index (χ1) is 9.26. The van der Waals surface area contributed by atoms with Gasteiger partial charge in [-0.05, 0) is 11.6 Å². The molecule has 2 aromatic rings. The number of phenolic OH excluding ortho intramolecular Hbond substituents is 1. The second-order valence-electron chi connectivity index (χ2n) is 3.53. The number of benzene rings is 2. The second-order valence-corrected chi connectivity index (χ2v) is 3.53. The number of nitrogens with zero attached hydrogens (tertiary/aromatic N) is 3. The predicted molar refractivity (Wildman–Crippen MR) is 67.6 cm³/mol. The van der Waals surface area contributed by atoms with Crippen molar-refractivity contribution in [2.75, 3.05) is 0 Å². The molecule has 0 spiro atoms. The molecule has 0 saturated heterocycles. The maximum absolute atomic E-state index is 10.2. The number of rotatable bonds is 5. The fourth-order valence-electron chi connectivity index (χ4n) is 1.58. The van der Waals surface area contributed by atoms with Crippen LogP contribution in [0.4, 0.5) is 0 Å². The predicted octanol–water partition coefficient (Wildman–Crippen LogP) is 3.02. The van der Waals surface area contributed by atoms with E-state index in [0.717, 1.165) is 5.56 Å². The van der Waals surface area contributed by atoms with E-state index >= 15 is 0 Å². The molecule has 0 fully saturated rings. The van der Waals surface area contributed by atoms with Crippen molar-refractivity contribution in [3.63, 3.8) is 0 Å². The average molecular weight is 259 g/mol. The molecule has 0 aromatic heterocycles. The van der Waals surface area contributed by atoms with Gasteiger partial charge >= 0.3 is 0 Å². The molecule has 0 radical (unpaired) electrons.